The molecule has 2 rings (SSSR count). The van der Waals surface area contributed by atoms with Crippen molar-refractivity contribution in [3.63, 3.8) is 0 Å². The zero-order valence-electron chi connectivity index (χ0n) is 13.5. The van der Waals surface area contributed by atoms with Gasteiger partial charge in [-0.3, -0.25) is 0 Å². The van der Waals surface area contributed by atoms with E-state index < -0.39 is 0 Å². The molecule has 4 nitrogen and oxygen atoms in total. The Kier molecular flexibility index (Phi) is 4.46. The normalized spacial score (nSPS) is 11.3. The van der Waals surface area contributed by atoms with Crippen molar-refractivity contribution < 1.29 is 0 Å². The highest BCUT2D eigenvalue weighted by atomic mass is 15.1. The Morgan fingerprint density at radius 2 is 1.62 bits per heavy atom. The molecule has 0 aliphatic heterocycles. The van der Waals surface area contributed by atoms with Crippen molar-refractivity contribution in [1.29, 1.82) is 0 Å². The maximum Gasteiger partial charge on any atom is 0.136 e. The molecule has 0 aliphatic carbocycles. The summed E-state index contributed by atoms with van der Waals surface area (Å²) in [4.78, 5) is 8.87. The van der Waals surface area contributed by atoms with E-state index >= 15 is 0 Å². The molecule has 0 aliphatic rings. The maximum absolute atomic E-state index is 4.44. The molecule has 0 unspecified atom stereocenters. The van der Waals surface area contributed by atoms with E-state index in [9.17, 15) is 0 Å². The quantitative estimate of drug-likeness (QED) is 0.878. The fourth-order valence-electron chi connectivity index (χ4n) is 2.05. The summed E-state index contributed by atoms with van der Waals surface area (Å²) < 4.78 is 0. The second-order valence-corrected chi connectivity index (χ2v) is 6.24. The van der Waals surface area contributed by atoms with Gasteiger partial charge in [0.2, 0.25) is 0 Å². The number of hydrogen-bond donors (Lipinski definition) is 2. The van der Waals surface area contributed by atoms with Crippen LogP contribution in [-0.2, 0) is 6.42 Å². The fraction of sp³-hybridized carbons (Fsp3) is 0.412. The van der Waals surface area contributed by atoms with Crippen molar-refractivity contribution in [2.75, 3.05) is 10.6 Å². The van der Waals surface area contributed by atoms with Crippen LogP contribution in [0.3, 0.4) is 0 Å². The van der Waals surface area contributed by atoms with E-state index in [2.05, 4.69) is 72.6 Å². The molecule has 112 valence electrons. The second-order valence-electron chi connectivity index (χ2n) is 6.24. The van der Waals surface area contributed by atoms with Gasteiger partial charge in [-0.1, -0.05) is 19.1 Å². The molecule has 0 fully saturated rings. The molecule has 2 N–H and O–H groups in total. The number of anilines is 3. The van der Waals surface area contributed by atoms with Crippen LogP contribution in [0, 0.1) is 6.92 Å². The van der Waals surface area contributed by atoms with Crippen molar-refractivity contribution >= 4 is 17.3 Å². The number of nitrogens with one attached hydrogen (secondary N) is 2. The van der Waals surface area contributed by atoms with Crippen LogP contribution in [0.4, 0.5) is 17.3 Å². The summed E-state index contributed by atoms with van der Waals surface area (Å²) in [7, 11) is 0. The lowest BCUT2D eigenvalue weighted by molar-refractivity contribution is 0.629. The van der Waals surface area contributed by atoms with Gasteiger partial charge in [0, 0.05) is 17.3 Å². The van der Waals surface area contributed by atoms with Gasteiger partial charge < -0.3 is 10.6 Å². The zero-order chi connectivity index (χ0) is 15.5. The van der Waals surface area contributed by atoms with Gasteiger partial charge in [0.25, 0.3) is 0 Å². The molecule has 0 saturated carbocycles. The van der Waals surface area contributed by atoms with Crippen LogP contribution in [0.25, 0.3) is 0 Å². The van der Waals surface area contributed by atoms with Crippen LogP contribution < -0.4 is 10.6 Å². The predicted octanol–water partition coefficient (Wildman–Crippen LogP) is 4.30. The van der Waals surface area contributed by atoms with E-state index in [4.69, 9.17) is 0 Å². The van der Waals surface area contributed by atoms with Crippen molar-refractivity contribution in [2.24, 2.45) is 0 Å². The fourth-order valence-corrected chi connectivity index (χ4v) is 2.05. The first-order chi connectivity index (χ1) is 9.85. The molecule has 0 amide bonds. The summed E-state index contributed by atoms with van der Waals surface area (Å²) in [5.41, 5.74) is 2.34. The summed E-state index contributed by atoms with van der Waals surface area (Å²) in [6, 6.07) is 10.3. The van der Waals surface area contributed by atoms with Crippen LogP contribution in [0.5, 0.6) is 0 Å². The molecule has 4 heteroatoms. The van der Waals surface area contributed by atoms with Gasteiger partial charge >= 0.3 is 0 Å². The van der Waals surface area contributed by atoms with Gasteiger partial charge in [0.1, 0.15) is 17.5 Å². The third-order valence-electron chi connectivity index (χ3n) is 2.98. The van der Waals surface area contributed by atoms with E-state index in [0.717, 1.165) is 29.6 Å². The van der Waals surface area contributed by atoms with Gasteiger partial charge in [0.15, 0.2) is 0 Å². The third kappa shape index (κ3) is 4.74. The Bertz CT molecular complexity index is 597. The van der Waals surface area contributed by atoms with Crippen LogP contribution in [0.1, 0.15) is 39.1 Å². The molecule has 0 saturated heterocycles. The lowest BCUT2D eigenvalue weighted by Crippen LogP contribution is -2.26. The number of aromatic nitrogens is 2. The highest BCUT2D eigenvalue weighted by Gasteiger charge is 2.11. The number of rotatable bonds is 4. The Hall–Kier alpha value is -2.10. The first kappa shape index (κ1) is 15.3. The monoisotopic (exact) mass is 284 g/mol. The van der Waals surface area contributed by atoms with E-state index in [-0.39, 0.29) is 5.54 Å². The molecular formula is C17H24N4. The average Bonchev–Trinajstić information content (AvgIpc) is 2.36. The number of benzene rings is 1. The Morgan fingerprint density at radius 3 is 2.19 bits per heavy atom. The van der Waals surface area contributed by atoms with E-state index in [1.807, 2.05) is 13.0 Å². The summed E-state index contributed by atoms with van der Waals surface area (Å²) in [5.74, 6) is 2.39. The summed E-state index contributed by atoms with van der Waals surface area (Å²) in [5, 5.41) is 6.71. The van der Waals surface area contributed by atoms with E-state index in [1.165, 1.54) is 5.56 Å². The largest absolute Gasteiger partial charge is 0.365 e. The lowest BCUT2D eigenvalue weighted by atomic mass is 10.1. The highest BCUT2D eigenvalue weighted by Crippen LogP contribution is 2.20. The van der Waals surface area contributed by atoms with Crippen molar-refractivity contribution in [2.45, 2.75) is 46.6 Å². The van der Waals surface area contributed by atoms with Gasteiger partial charge in [-0.2, -0.15) is 0 Å². The minimum Gasteiger partial charge on any atom is -0.365 e. The maximum atomic E-state index is 4.44. The van der Waals surface area contributed by atoms with Crippen molar-refractivity contribution in [3.05, 3.63) is 41.7 Å². The molecule has 1 heterocycles. The zero-order valence-corrected chi connectivity index (χ0v) is 13.5. The molecule has 1 aromatic heterocycles. The second kappa shape index (κ2) is 6.12. The molecule has 2 aromatic rings. The van der Waals surface area contributed by atoms with E-state index in [0.29, 0.717) is 0 Å². The molecule has 21 heavy (non-hydrogen) atoms. The Balaban J connectivity index is 2.19. The average molecular weight is 284 g/mol. The summed E-state index contributed by atoms with van der Waals surface area (Å²) in [6.45, 7) is 10.4. The van der Waals surface area contributed by atoms with Crippen LogP contribution >= 0.6 is 0 Å². The molecule has 0 radical (unpaired) electrons. The lowest BCUT2D eigenvalue weighted by Gasteiger charge is -2.21. The van der Waals surface area contributed by atoms with Gasteiger partial charge in [-0.05, 0) is 51.8 Å². The van der Waals surface area contributed by atoms with Gasteiger partial charge in [-0.25, -0.2) is 9.97 Å². The number of nitrogens with zero attached hydrogens (tertiary/aromatic N) is 2. The third-order valence-corrected chi connectivity index (χ3v) is 2.98. The van der Waals surface area contributed by atoms with Crippen LogP contribution in [0.2, 0.25) is 0 Å². The smallest absolute Gasteiger partial charge is 0.136 e. The molecule has 0 atom stereocenters. The number of hydrogen-bond acceptors (Lipinski definition) is 4. The standard InChI is InChI=1S/C17H24N4/c1-6-13-7-9-14(10-8-13)20-15-11-16(19-12(2)18-15)21-17(3,4)5/h7-11H,6H2,1-5H3,(H2,18,19,20,21). The van der Waals surface area contributed by atoms with Crippen molar-refractivity contribution in [1.82, 2.24) is 9.97 Å². The van der Waals surface area contributed by atoms with E-state index in [1.54, 1.807) is 0 Å². The minimum absolute atomic E-state index is 0.0269. The van der Waals surface area contributed by atoms with Crippen molar-refractivity contribution in [3.8, 4) is 0 Å². The van der Waals surface area contributed by atoms with Crippen LogP contribution in [-0.4, -0.2) is 15.5 Å². The topological polar surface area (TPSA) is 49.8 Å². The number of aryl methyl sites for hydroxylation is 2. The Morgan fingerprint density at radius 1 is 1.00 bits per heavy atom. The molecule has 0 spiro atoms. The first-order valence-corrected chi connectivity index (χ1v) is 7.35. The highest BCUT2D eigenvalue weighted by molar-refractivity contribution is 5.59. The molecular weight excluding hydrogens is 260 g/mol. The summed E-state index contributed by atoms with van der Waals surface area (Å²) in [6.07, 6.45) is 1.05. The molecule has 1 aromatic carbocycles. The van der Waals surface area contributed by atoms with Gasteiger partial charge in [-0.15, -0.1) is 0 Å². The Labute approximate surface area is 127 Å². The van der Waals surface area contributed by atoms with Crippen LogP contribution in [0.15, 0.2) is 30.3 Å². The molecule has 0 bridgehead atoms. The first-order valence-electron chi connectivity index (χ1n) is 7.35. The predicted molar refractivity (Wildman–Crippen MR) is 89.2 cm³/mol. The SMILES string of the molecule is CCc1ccc(Nc2cc(NC(C)(C)C)nc(C)n2)cc1. The summed E-state index contributed by atoms with van der Waals surface area (Å²) >= 11 is 0. The minimum atomic E-state index is -0.0269. The van der Waals surface area contributed by atoms with Gasteiger partial charge in [0.05, 0.1) is 0 Å².